The number of hydrogen-bond acceptors (Lipinski definition) is 3. The first-order chi connectivity index (χ1) is 12.5. The molecule has 5 nitrogen and oxygen atoms in total. The van der Waals surface area contributed by atoms with Gasteiger partial charge in [-0.25, -0.2) is 0 Å². The number of benzene rings is 2. The van der Waals surface area contributed by atoms with Gasteiger partial charge in [-0.05, 0) is 44.5 Å². The maximum atomic E-state index is 12.7. The SMILES string of the molecule is CCOc1ccccc1N1C[C@@H](C(=O)Nc2ccc(C)cc2C)CC1=O. The minimum atomic E-state index is -0.377. The van der Waals surface area contributed by atoms with Crippen molar-refractivity contribution in [2.24, 2.45) is 5.92 Å². The topological polar surface area (TPSA) is 58.6 Å². The number of rotatable bonds is 5. The van der Waals surface area contributed by atoms with Crippen molar-refractivity contribution in [1.29, 1.82) is 0 Å². The average molecular weight is 352 g/mol. The molecule has 0 bridgehead atoms. The van der Waals surface area contributed by atoms with Gasteiger partial charge in [-0.15, -0.1) is 0 Å². The first-order valence-corrected chi connectivity index (χ1v) is 8.90. The highest BCUT2D eigenvalue weighted by atomic mass is 16.5. The van der Waals surface area contributed by atoms with Gasteiger partial charge < -0.3 is 15.0 Å². The fraction of sp³-hybridized carbons (Fsp3) is 0.333. The summed E-state index contributed by atoms with van der Waals surface area (Å²) in [5, 5.41) is 2.96. The number of para-hydroxylation sites is 2. The molecule has 5 heteroatoms. The van der Waals surface area contributed by atoms with E-state index in [1.165, 1.54) is 0 Å². The van der Waals surface area contributed by atoms with Crippen LogP contribution in [0.1, 0.15) is 24.5 Å². The highest BCUT2D eigenvalue weighted by molar-refractivity contribution is 6.04. The lowest BCUT2D eigenvalue weighted by atomic mass is 10.1. The standard InChI is InChI=1S/C21H24N2O3/c1-4-26-19-8-6-5-7-18(19)23-13-16(12-20(23)24)21(25)22-17-10-9-14(2)11-15(17)3/h5-11,16H,4,12-13H2,1-3H3,(H,22,25)/t16-/m0/s1. The van der Waals surface area contributed by atoms with E-state index in [4.69, 9.17) is 4.74 Å². The van der Waals surface area contributed by atoms with Gasteiger partial charge in [0, 0.05) is 18.7 Å². The Morgan fingerprint density at radius 2 is 2.00 bits per heavy atom. The number of carbonyl (C=O) groups is 2. The Hall–Kier alpha value is -2.82. The van der Waals surface area contributed by atoms with Crippen LogP contribution in [0, 0.1) is 19.8 Å². The van der Waals surface area contributed by atoms with Crippen molar-refractivity contribution in [2.45, 2.75) is 27.2 Å². The van der Waals surface area contributed by atoms with Gasteiger partial charge in [-0.3, -0.25) is 9.59 Å². The van der Waals surface area contributed by atoms with E-state index in [1.54, 1.807) is 4.90 Å². The Morgan fingerprint density at radius 3 is 2.73 bits per heavy atom. The number of anilines is 2. The lowest BCUT2D eigenvalue weighted by Crippen LogP contribution is -2.28. The van der Waals surface area contributed by atoms with Crippen molar-refractivity contribution in [3.05, 3.63) is 53.6 Å². The zero-order chi connectivity index (χ0) is 18.7. The number of carbonyl (C=O) groups excluding carboxylic acids is 2. The van der Waals surface area contributed by atoms with Crippen LogP contribution in [0.2, 0.25) is 0 Å². The second-order valence-corrected chi connectivity index (χ2v) is 6.61. The quantitative estimate of drug-likeness (QED) is 0.893. The number of aryl methyl sites for hydroxylation is 2. The summed E-state index contributed by atoms with van der Waals surface area (Å²) in [6.07, 6.45) is 0.206. The van der Waals surface area contributed by atoms with Gasteiger partial charge in [-0.2, -0.15) is 0 Å². The maximum Gasteiger partial charge on any atom is 0.229 e. The van der Waals surface area contributed by atoms with Gasteiger partial charge in [0.15, 0.2) is 0 Å². The number of amides is 2. The monoisotopic (exact) mass is 352 g/mol. The fourth-order valence-corrected chi connectivity index (χ4v) is 3.26. The molecule has 1 saturated heterocycles. The summed E-state index contributed by atoms with van der Waals surface area (Å²) < 4.78 is 5.62. The Morgan fingerprint density at radius 1 is 1.23 bits per heavy atom. The van der Waals surface area contributed by atoms with Crippen LogP contribution in [0.4, 0.5) is 11.4 Å². The molecule has 1 aliphatic heterocycles. The Labute approximate surface area is 154 Å². The Kier molecular flexibility index (Phi) is 5.26. The molecular formula is C21H24N2O3. The Balaban J connectivity index is 1.74. The lowest BCUT2D eigenvalue weighted by Gasteiger charge is -2.20. The third-order valence-electron chi connectivity index (χ3n) is 4.59. The molecule has 2 aromatic rings. The van der Waals surface area contributed by atoms with Crippen molar-refractivity contribution in [2.75, 3.05) is 23.4 Å². The number of nitrogens with one attached hydrogen (secondary N) is 1. The molecule has 26 heavy (non-hydrogen) atoms. The summed E-state index contributed by atoms with van der Waals surface area (Å²) in [5.74, 6) is 0.108. The summed E-state index contributed by atoms with van der Waals surface area (Å²) in [5.41, 5.74) is 3.68. The van der Waals surface area contributed by atoms with Crippen molar-refractivity contribution in [1.82, 2.24) is 0 Å². The molecule has 0 unspecified atom stereocenters. The minimum Gasteiger partial charge on any atom is -0.492 e. The molecule has 3 rings (SSSR count). The molecule has 1 atom stereocenters. The molecule has 1 fully saturated rings. The highest BCUT2D eigenvalue weighted by Crippen LogP contribution is 2.33. The van der Waals surface area contributed by atoms with Crippen molar-refractivity contribution < 1.29 is 14.3 Å². The predicted molar refractivity (Wildman–Crippen MR) is 103 cm³/mol. The maximum absolute atomic E-state index is 12.7. The molecule has 0 aromatic heterocycles. The van der Waals surface area contributed by atoms with E-state index >= 15 is 0 Å². The summed E-state index contributed by atoms with van der Waals surface area (Å²) >= 11 is 0. The van der Waals surface area contributed by atoms with Crippen molar-refractivity contribution in [3.8, 4) is 5.75 Å². The third kappa shape index (κ3) is 3.72. The lowest BCUT2D eigenvalue weighted by molar-refractivity contribution is -0.122. The van der Waals surface area contributed by atoms with E-state index in [1.807, 2.05) is 63.2 Å². The van der Waals surface area contributed by atoms with E-state index in [9.17, 15) is 9.59 Å². The van der Waals surface area contributed by atoms with Crippen LogP contribution in [-0.4, -0.2) is 25.0 Å². The van der Waals surface area contributed by atoms with Crippen LogP contribution >= 0.6 is 0 Å². The smallest absolute Gasteiger partial charge is 0.229 e. The van der Waals surface area contributed by atoms with Gasteiger partial charge in [0.05, 0.1) is 18.2 Å². The number of hydrogen-bond donors (Lipinski definition) is 1. The number of nitrogens with zero attached hydrogens (tertiary/aromatic N) is 1. The van der Waals surface area contributed by atoms with Gasteiger partial charge in [0.2, 0.25) is 11.8 Å². The van der Waals surface area contributed by atoms with Gasteiger partial charge >= 0.3 is 0 Å². The first-order valence-electron chi connectivity index (χ1n) is 8.90. The fourth-order valence-electron chi connectivity index (χ4n) is 3.26. The number of ether oxygens (including phenoxy) is 1. The molecule has 2 amide bonds. The molecule has 0 aliphatic carbocycles. The van der Waals surface area contributed by atoms with Crippen molar-refractivity contribution >= 4 is 23.2 Å². The molecule has 0 radical (unpaired) electrons. The summed E-state index contributed by atoms with van der Waals surface area (Å²) in [7, 11) is 0. The minimum absolute atomic E-state index is 0.0575. The second-order valence-electron chi connectivity index (χ2n) is 6.61. The van der Waals surface area contributed by atoms with Crippen LogP contribution in [0.5, 0.6) is 5.75 Å². The van der Waals surface area contributed by atoms with Crippen LogP contribution in [0.15, 0.2) is 42.5 Å². The Bertz CT molecular complexity index is 832. The normalized spacial score (nSPS) is 16.7. The molecule has 136 valence electrons. The van der Waals surface area contributed by atoms with E-state index in [2.05, 4.69) is 5.32 Å². The summed E-state index contributed by atoms with van der Waals surface area (Å²) in [4.78, 5) is 26.8. The van der Waals surface area contributed by atoms with E-state index in [0.717, 1.165) is 22.5 Å². The summed E-state index contributed by atoms with van der Waals surface area (Å²) in [6.45, 7) is 6.77. The van der Waals surface area contributed by atoms with Crippen LogP contribution in [-0.2, 0) is 9.59 Å². The molecular weight excluding hydrogens is 328 g/mol. The molecule has 0 saturated carbocycles. The third-order valence-corrected chi connectivity index (χ3v) is 4.59. The van der Waals surface area contributed by atoms with Crippen LogP contribution in [0.3, 0.4) is 0 Å². The molecule has 1 aliphatic rings. The van der Waals surface area contributed by atoms with Crippen LogP contribution < -0.4 is 15.0 Å². The largest absolute Gasteiger partial charge is 0.492 e. The zero-order valence-electron chi connectivity index (χ0n) is 15.4. The predicted octanol–water partition coefficient (Wildman–Crippen LogP) is 3.69. The molecule has 0 spiro atoms. The van der Waals surface area contributed by atoms with Gasteiger partial charge in [0.25, 0.3) is 0 Å². The molecule has 1 heterocycles. The zero-order valence-corrected chi connectivity index (χ0v) is 15.4. The van der Waals surface area contributed by atoms with E-state index in [0.29, 0.717) is 18.9 Å². The van der Waals surface area contributed by atoms with Crippen molar-refractivity contribution in [3.63, 3.8) is 0 Å². The highest BCUT2D eigenvalue weighted by Gasteiger charge is 2.36. The van der Waals surface area contributed by atoms with E-state index in [-0.39, 0.29) is 24.2 Å². The summed E-state index contributed by atoms with van der Waals surface area (Å²) in [6, 6.07) is 13.3. The van der Waals surface area contributed by atoms with Crippen LogP contribution in [0.25, 0.3) is 0 Å². The van der Waals surface area contributed by atoms with Gasteiger partial charge in [0.1, 0.15) is 5.75 Å². The van der Waals surface area contributed by atoms with Gasteiger partial charge in [-0.1, -0.05) is 29.8 Å². The second kappa shape index (κ2) is 7.60. The average Bonchev–Trinajstić information content (AvgIpc) is 3.00. The van der Waals surface area contributed by atoms with E-state index < -0.39 is 0 Å². The molecule has 2 aromatic carbocycles. The first kappa shape index (κ1) is 18.0. The molecule has 1 N–H and O–H groups in total.